The molecule has 0 saturated carbocycles. The Morgan fingerprint density at radius 1 is 1.33 bits per heavy atom. The molecule has 1 aromatic carbocycles. The Bertz CT molecular complexity index is 332. The van der Waals surface area contributed by atoms with E-state index in [0.29, 0.717) is 0 Å². The van der Waals surface area contributed by atoms with Gasteiger partial charge in [0.1, 0.15) is 11.5 Å². The summed E-state index contributed by atoms with van der Waals surface area (Å²) >= 11 is 0. The van der Waals surface area contributed by atoms with E-state index in [9.17, 15) is 9.18 Å². The highest BCUT2D eigenvalue weighted by molar-refractivity contribution is 5.77. The molecular formula is C11H13FO3. The van der Waals surface area contributed by atoms with Crippen LogP contribution < -0.4 is 4.74 Å². The number of halogens is 1. The molecule has 15 heavy (non-hydrogen) atoms. The molecule has 0 amide bonds. The minimum absolute atomic E-state index is 0.0652. The SMILES string of the molecule is CC(C)[C@@H](F)C(=O)Oc1ccc(O)cc1. The lowest BCUT2D eigenvalue weighted by atomic mass is 10.1. The van der Waals surface area contributed by atoms with E-state index in [-0.39, 0.29) is 11.5 Å². The van der Waals surface area contributed by atoms with Crippen LogP contribution in [-0.2, 0) is 4.79 Å². The number of aromatic hydroxyl groups is 1. The maximum atomic E-state index is 13.2. The van der Waals surface area contributed by atoms with Gasteiger partial charge in [-0.1, -0.05) is 13.8 Å². The van der Waals surface area contributed by atoms with Crippen LogP contribution in [0.5, 0.6) is 11.5 Å². The van der Waals surface area contributed by atoms with Crippen molar-refractivity contribution in [3.63, 3.8) is 0 Å². The molecule has 0 radical (unpaired) electrons. The summed E-state index contributed by atoms with van der Waals surface area (Å²) in [4.78, 5) is 11.2. The minimum Gasteiger partial charge on any atom is -0.508 e. The summed E-state index contributed by atoms with van der Waals surface area (Å²) in [5.74, 6) is -1.03. The molecule has 0 aliphatic heterocycles. The summed E-state index contributed by atoms with van der Waals surface area (Å²) in [6.45, 7) is 3.20. The van der Waals surface area contributed by atoms with Crippen LogP contribution in [0.3, 0.4) is 0 Å². The van der Waals surface area contributed by atoms with Crippen LogP contribution in [0, 0.1) is 5.92 Å². The molecule has 1 rings (SSSR count). The molecule has 1 atom stereocenters. The summed E-state index contributed by atoms with van der Waals surface area (Å²) in [5.41, 5.74) is 0. The zero-order chi connectivity index (χ0) is 11.4. The van der Waals surface area contributed by atoms with Crippen molar-refractivity contribution in [3.8, 4) is 11.5 Å². The van der Waals surface area contributed by atoms with Crippen molar-refractivity contribution >= 4 is 5.97 Å². The van der Waals surface area contributed by atoms with Crippen molar-refractivity contribution in [2.75, 3.05) is 0 Å². The highest BCUT2D eigenvalue weighted by atomic mass is 19.1. The van der Waals surface area contributed by atoms with Crippen LogP contribution >= 0.6 is 0 Å². The first-order valence-corrected chi connectivity index (χ1v) is 4.65. The molecule has 0 unspecified atom stereocenters. The second-order valence-corrected chi connectivity index (χ2v) is 3.56. The molecule has 82 valence electrons. The van der Waals surface area contributed by atoms with E-state index in [1.165, 1.54) is 24.3 Å². The Hall–Kier alpha value is -1.58. The number of hydrogen-bond donors (Lipinski definition) is 1. The highest BCUT2D eigenvalue weighted by Crippen LogP contribution is 2.18. The topological polar surface area (TPSA) is 46.5 Å². The van der Waals surface area contributed by atoms with Crippen LogP contribution in [-0.4, -0.2) is 17.2 Å². The van der Waals surface area contributed by atoms with Crippen LogP contribution in [0.4, 0.5) is 4.39 Å². The maximum Gasteiger partial charge on any atom is 0.346 e. The monoisotopic (exact) mass is 212 g/mol. The van der Waals surface area contributed by atoms with Gasteiger partial charge in [0.2, 0.25) is 0 Å². The minimum atomic E-state index is -1.63. The van der Waals surface area contributed by atoms with Gasteiger partial charge in [-0.05, 0) is 30.2 Å². The normalized spacial score (nSPS) is 12.5. The first-order valence-electron chi connectivity index (χ1n) is 4.65. The summed E-state index contributed by atoms with van der Waals surface area (Å²) in [6, 6.07) is 5.54. The van der Waals surface area contributed by atoms with Gasteiger partial charge in [-0.2, -0.15) is 0 Å². The molecular weight excluding hydrogens is 199 g/mol. The zero-order valence-electron chi connectivity index (χ0n) is 8.61. The Morgan fingerprint density at radius 2 is 1.87 bits per heavy atom. The molecule has 0 fully saturated rings. The second-order valence-electron chi connectivity index (χ2n) is 3.56. The van der Waals surface area contributed by atoms with Crippen molar-refractivity contribution in [1.29, 1.82) is 0 Å². The van der Waals surface area contributed by atoms with Gasteiger partial charge < -0.3 is 9.84 Å². The summed E-state index contributed by atoms with van der Waals surface area (Å²) in [5, 5.41) is 8.97. The van der Waals surface area contributed by atoms with Crippen molar-refractivity contribution < 1.29 is 19.0 Å². The second kappa shape index (κ2) is 4.77. The quantitative estimate of drug-likeness (QED) is 0.617. The van der Waals surface area contributed by atoms with Gasteiger partial charge in [-0.25, -0.2) is 9.18 Å². The average Bonchev–Trinajstić information content (AvgIpc) is 2.20. The van der Waals surface area contributed by atoms with Gasteiger partial charge in [-0.3, -0.25) is 0 Å². The van der Waals surface area contributed by atoms with Crippen LogP contribution in [0.25, 0.3) is 0 Å². The largest absolute Gasteiger partial charge is 0.508 e. The lowest BCUT2D eigenvalue weighted by Gasteiger charge is -2.10. The number of hydrogen-bond acceptors (Lipinski definition) is 3. The Balaban J connectivity index is 2.62. The first-order chi connectivity index (χ1) is 7.00. The van der Waals surface area contributed by atoms with Gasteiger partial charge in [0.15, 0.2) is 6.17 Å². The third-order valence-electron chi connectivity index (χ3n) is 1.87. The van der Waals surface area contributed by atoms with Crippen molar-refractivity contribution in [3.05, 3.63) is 24.3 Å². The van der Waals surface area contributed by atoms with E-state index in [1.807, 2.05) is 0 Å². The van der Waals surface area contributed by atoms with Crippen molar-refractivity contribution in [2.24, 2.45) is 5.92 Å². The Morgan fingerprint density at radius 3 is 2.33 bits per heavy atom. The standard InChI is InChI=1S/C11H13FO3/c1-7(2)10(12)11(14)15-9-5-3-8(13)4-6-9/h3-7,10,13H,1-2H3/t10-/m1/s1. The third-order valence-corrected chi connectivity index (χ3v) is 1.87. The molecule has 0 aliphatic carbocycles. The number of esters is 1. The smallest absolute Gasteiger partial charge is 0.346 e. The van der Waals surface area contributed by atoms with E-state index in [1.54, 1.807) is 13.8 Å². The van der Waals surface area contributed by atoms with E-state index < -0.39 is 18.1 Å². The van der Waals surface area contributed by atoms with Gasteiger partial charge >= 0.3 is 5.97 Å². The number of rotatable bonds is 3. The van der Waals surface area contributed by atoms with Crippen molar-refractivity contribution in [2.45, 2.75) is 20.0 Å². The lowest BCUT2D eigenvalue weighted by Crippen LogP contribution is -2.26. The Kier molecular flexibility index (Phi) is 3.66. The zero-order valence-corrected chi connectivity index (χ0v) is 8.61. The predicted molar refractivity (Wildman–Crippen MR) is 53.5 cm³/mol. The lowest BCUT2D eigenvalue weighted by molar-refractivity contribution is -0.141. The van der Waals surface area contributed by atoms with E-state index in [2.05, 4.69) is 0 Å². The number of phenols is 1. The van der Waals surface area contributed by atoms with E-state index >= 15 is 0 Å². The van der Waals surface area contributed by atoms with Crippen LogP contribution in [0.2, 0.25) is 0 Å². The fourth-order valence-electron chi connectivity index (χ4n) is 0.959. The molecule has 0 bridgehead atoms. The molecule has 0 aromatic heterocycles. The molecule has 1 aromatic rings. The van der Waals surface area contributed by atoms with E-state index in [0.717, 1.165) is 0 Å². The maximum absolute atomic E-state index is 13.2. The summed E-state index contributed by atoms with van der Waals surface area (Å²) in [7, 11) is 0. The van der Waals surface area contributed by atoms with Gasteiger partial charge in [0, 0.05) is 0 Å². The summed E-state index contributed by atoms with van der Waals surface area (Å²) in [6.07, 6.45) is -1.63. The molecule has 1 N–H and O–H groups in total. The van der Waals surface area contributed by atoms with Crippen LogP contribution in [0.15, 0.2) is 24.3 Å². The molecule has 4 heteroatoms. The number of alkyl halides is 1. The first kappa shape index (κ1) is 11.5. The van der Waals surface area contributed by atoms with Crippen LogP contribution in [0.1, 0.15) is 13.8 Å². The number of benzene rings is 1. The third kappa shape index (κ3) is 3.23. The number of phenolic OH excluding ortho intramolecular Hbond substituents is 1. The van der Waals surface area contributed by atoms with Gasteiger partial charge in [-0.15, -0.1) is 0 Å². The van der Waals surface area contributed by atoms with Gasteiger partial charge in [0.05, 0.1) is 0 Å². The summed E-state index contributed by atoms with van der Waals surface area (Å²) < 4.78 is 17.9. The fraction of sp³-hybridized carbons (Fsp3) is 0.364. The molecule has 0 saturated heterocycles. The molecule has 0 aliphatic rings. The molecule has 0 heterocycles. The fourth-order valence-corrected chi connectivity index (χ4v) is 0.959. The average molecular weight is 212 g/mol. The Labute approximate surface area is 87.5 Å². The predicted octanol–water partition coefficient (Wildman–Crippen LogP) is 2.29. The van der Waals surface area contributed by atoms with E-state index in [4.69, 9.17) is 9.84 Å². The van der Waals surface area contributed by atoms with Crippen molar-refractivity contribution in [1.82, 2.24) is 0 Å². The number of carbonyl (C=O) groups excluding carboxylic acids is 1. The molecule has 0 spiro atoms. The molecule has 3 nitrogen and oxygen atoms in total. The van der Waals surface area contributed by atoms with Gasteiger partial charge in [0.25, 0.3) is 0 Å². The number of carbonyl (C=O) groups is 1. The number of ether oxygens (including phenoxy) is 1. The highest BCUT2D eigenvalue weighted by Gasteiger charge is 2.23.